The van der Waals surface area contributed by atoms with Gasteiger partial charge >= 0.3 is 0 Å². The molecule has 0 radical (unpaired) electrons. The molecule has 0 saturated carbocycles. The Bertz CT molecular complexity index is 905. The standard InChI is InChI=1S/C23H20ClNO/c24-19-12-10-18(11-13-19)23(26)16-22-21-9-5-4-6-17(21)14-15-25(22)20-7-2-1-3-8-20/h1-13,22H,14-16H2. The summed E-state index contributed by atoms with van der Waals surface area (Å²) in [6.07, 6.45) is 1.45. The predicted octanol–water partition coefficient (Wildman–Crippen LogP) is 5.72. The molecule has 0 N–H and O–H groups in total. The van der Waals surface area contributed by atoms with Crippen molar-refractivity contribution in [2.45, 2.75) is 18.9 Å². The Morgan fingerprint density at radius 1 is 0.923 bits per heavy atom. The maximum Gasteiger partial charge on any atom is 0.165 e. The van der Waals surface area contributed by atoms with Crippen LogP contribution >= 0.6 is 11.6 Å². The number of ketones is 1. The van der Waals surface area contributed by atoms with Gasteiger partial charge in [-0.15, -0.1) is 0 Å². The number of para-hydroxylation sites is 1. The first-order valence-electron chi connectivity index (χ1n) is 8.90. The van der Waals surface area contributed by atoms with Gasteiger partial charge in [-0.3, -0.25) is 4.79 Å². The highest BCUT2D eigenvalue weighted by Gasteiger charge is 2.29. The molecule has 4 rings (SSSR count). The summed E-state index contributed by atoms with van der Waals surface area (Å²) >= 11 is 5.96. The molecule has 1 atom stereocenters. The molecule has 3 aromatic carbocycles. The smallest absolute Gasteiger partial charge is 0.165 e. The molecule has 0 amide bonds. The van der Waals surface area contributed by atoms with Gasteiger partial charge in [0, 0.05) is 29.2 Å². The summed E-state index contributed by atoms with van der Waals surface area (Å²) in [6, 6.07) is 26.1. The van der Waals surface area contributed by atoms with E-state index in [1.165, 1.54) is 11.1 Å². The summed E-state index contributed by atoms with van der Waals surface area (Å²) in [5, 5.41) is 0.649. The number of carbonyl (C=O) groups is 1. The maximum atomic E-state index is 12.9. The number of carbonyl (C=O) groups excluding carboxylic acids is 1. The van der Waals surface area contributed by atoms with Gasteiger partial charge in [-0.2, -0.15) is 0 Å². The number of nitrogens with zero attached hydrogens (tertiary/aromatic N) is 1. The third kappa shape index (κ3) is 3.38. The lowest BCUT2D eigenvalue weighted by Crippen LogP contribution is -2.36. The number of fused-ring (bicyclic) bond motifs is 1. The Morgan fingerprint density at radius 2 is 1.62 bits per heavy atom. The zero-order valence-electron chi connectivity index (χ0n) is 14.4. The minimum atomic E-state index is 0.0468. The van der Waals surface area contributed by atoms with E-state index in [0.29, 0.717) is 17.0 Å². The Hall–Kier alpha value is -2.58. The summed E-state index contributed by atoms with van der Waals surface area (Å²) in [7, 11) is 0. The van der Waals surface area contributed by atoms with Crippen LogP contribution < -0.4 is 4.90 Å². The molecule has 0 aliphatic carbocycles. The molecular formula is C23H20ClNO. The van der Waals surface area contributed by atoms with Crippen LogP contribution in [-0.2, 0) is 6.42 Å². The van der Waals surface area contributed by atoms with E-state index in [1.54, 1.807) is 12.1 Å². The van der Waals surface area contributed by atoms with Crippen LogP contribution in [0.5, 0.6) is 0 Å². The van der Waals surface area contributed by atoms with Crippen molar-refractivity contribution in [1.82, 2.24) is 0 Å². The van der Waals surface area contributed by atoms with Gasteiger partial charge in [-0.05, 0) is 53.9 Å². The highest BCUT2D eigenvalue weighted by atomic mass is 35.5. The van der Waals surface area contributed by atoms with Crippen LogP contribution in [0.2, 0.25) is 5.02 Å². The molecule has 0 saturated heterocycles. The fourth-order valence-corrected chi connectivity index (χ4v) is 3.86. The van der Waals surface area contributed by atoms with Gasteiger partial charge in [0.25, 0.3) is 0 Å². The van der Waals surface area contributed by atoms with Crippen molar-refractivity contribution in [2.75, 3.05) is 11.4 Å². The van der Waals surface area contributed by atoms with E-state index in [0.717, 1.165) is 18.7 Å². The zero-order chi connectivity index (χ0) is 17.9. The molecule has 1 aliphatic rings. The van der Waals surface area contributed by atoms with E-state index < -0.39 is 0 Å². The monoisotopic (exact) mass is 361 g/mol. The molecule has 0 aromatic heterocycles. The summed E-state index contributed by atoms with van der Waals surface area (Å²) in [5.41, 5.74) is 4.47. The molecule has 1 unspecified atom stereocenters. The summed E-state index contributed by atoms with van der Waals surface area (Å²) in [4.78, 5) is 15.3. The number of benzene rings is 3. The predicted molar refractivity (Wildman–Crippen MR) is 107 cm³/mol. The van der Waals surface area contributed by atoms with Gasteiger partial charge in [-0.25, -0.2) is 0 Å². The molecular weight excluding hydrogens is 342 g/mol. The fourth-order valence-electron chi connectivity index (χ4n) is 3.73. The van der Waals surface area contributed by atoms with E-state index in [1.807, 2.05) is 30.3 Å². The second-order valence-electron chi connectivity index (χ2n) is 6.63. The quantitative estimate of drug-likeness (QED) is 0.554. The second-order valence-corrected chi connectivity index (χ2v) is 7.06. The lowest BCUT2D eigenvalue weighted by molar-refractivity contribution is 0.0972. The lowest BCUT2D eigenvalue weighted by Gasteiger charge is -2.39. The highest BCUT2D eigenvalue weighted by Crippen LogP contribution is 2.36. The van der Waals surface area contributed by atoms with E-state index >= 15 is 0 Å². The van der Waals surface area contributed by atoms with E-state index in [9.17, 15) is 4.79 Å². The highest BCUT2D eigenvalue weighted by molar-refractivity contribution is 6.30. The number of halogens is 1. The van der Waals surface area contributed by atoms with Crippen LogP contribution in [-0.4, -0.2) is 12.3 Å². The van der Waals surface area contributed by atoms with Gasteiger partial charge in [-0.1, -0.05) is 54.1 Å². The van der Waals surface area contributed by atoms with Gasteiger partial charge in [0.1, 0.15) is 0 Å². The summed E-state index contributed by atoms with van der Waals surface area (Å²) in [6.45, 7) is 0.916. The van der Waals surface area contributed by atoms with Crippen LogP contribution in [0, 0.1) is 0 Å². The molecule has 0 spiro atoms. The first-order chi connectivity index (χ1) is 12.7. The van der Waals surface area contributed by atoms with Gasteiger partial charge in [0.05, 0.1) is 6.04 Å². The third-order valence-corrected chi connectivity index (χ3v) is 5.30. The van der Waals surface area contributed by atoms with Gasteiger partial charge in [0.15, 0.2) is 5.78 Å². The lowest BCUT2D eigenvalue weighted by atomic mass is 9.88. The van der Waals surface area contributed by atoms with Crippen LogP contribution in [0.1, 0.15) is 33.9 Å². The molecule has 3 heteroatoms. The van der Waals surface area contributed by atoms with E-state index in [2.05, 4.69) is 41.3 Å². The normalized spacial score (nSPS) is 16.2. The Morgan fingerprint density at radius 3 is 2.38 bits per heavy atom. The number of Topliss-reactive ketones (excluding diaryl/α,β-unsaturated/α-hetero) is 1. The molecule has 2 nitrogen and oxygen atoms in total. The van der Waals surface area contributed by atoms with E-state index in [-0.39, 0.29) is 11.8 Å². The Kier molecular flexibility index (Phi) is 4.77. The van der Waals surface area contributed by atoms with Gasteiger partial charge < -0.3 is 4.90 Å². The van der Waals surface area contributed by atoms with Crippen molar-refractivity contribution in [3.05, 3.63) is 101 Å². The van der Waals surface area contributed by atoms with Crippen LogP contribution in [0.4, 0.5) is 5.69 Å². The maximum absolute atomic E-state index is 12.9. The topological polar surface area (TPSA) is 20.3 Å². The average Bonchev–Trinajstić information content (AvgIpc) is 2.69. The molecule has 26 heavy (non-hydrogen) atoms. The Balaban J connectivity index is 1.68. The van der Waals surface area contributed by atoms with Crippen LogP contribution in [0.25, 0.3) is 0 Å². The number of hydrogen-bond acceptors (Lipinski definition) is 2. The zero-order valence-corrected chi connectivity index (χ0v) is 15.2. The Labute approximate surface area is 159 Å². The minimum Gasteiger partial charge on any atom is -0.364 e. The molecule has 0 bridgehead atoms. The van der Waals surface area contributed by atoms with Crippen molar-refractivity contribution in [3.8, 4) is 0 Å². The third-order valence-electron chi connectivity index (χ3n) is 5.05. The molecule has 0 fully saturated rings. The molecule has 130 valence electrons. The van der Waals surface area contributed by atoms with Gasteiger partial charge in [0.2, 0.25) is 0 Å². The first kappa shape index (κ1) is 16.9. The molecule has 3 aromatic rings. The molecule has 1 aliphatic heterocycles. The van der Waals surface area contributed by atoms with Crippen molar-refractivity contribution < 1.29 is 4.79 Å². The minimum absolute atomic E-state index is 0.0468. The van der Waals surface area contributed by atoms with Crippen molar-refractivity contribution in [2.24, 2.45) is 0 Å². The summed E-state index contributed by atoms with van der Waals surface area (Å²) < 4.78 is 0. The van der Waals surface area contributed by atoms with Crippen LogP contribution in [0.15, 0.2) is 78.9 Å². The average molecular weight is 362 g/mol. The van der Waals surface area contributed by atoms with Crippen molar-refractivity contribution >= 4 is 23.1 Å². The second kappa shape index (κ2) is 7.35. The van der Waals surface area contributed by atoms with Crippen LogP contribution in [0.3, 0.4) is 0 Å². The number of rotatable bonds is 4. The number of anilines is 1. The summed E-state index contributed by atoms with van der Waals surface area (Å²) in [5.74, 6) is 0.143. The SMILES string of the molecule is O=C(CC1c2ccccc2CCN1c1ccccc1)c1ccc(Cl)cc1. The largest absolute Gasteiger partial charge is 0.364 e. The van der Waals surface area contributed by atoms with Crippen molar-refractivity contribution in [3.63, 3.8) is 0 Å². The van der Waals surface area contributed by atoms with E-state index in [4.69, 9.17) is 11.6 Å². The molecule has 1 heterocycles. The fraction of sp³-hybridized carbons (Fsp3) is 0.174. The van der Waals surface area contributed by atoms with Crippen molar-refractivity contribution in [1.29, 1.82) is 0 Å². The number of hydrogen-bond donors (Lipinski definition) is 0. The first-order valence-corrected chi connectivity index (χ1v) is 9.28.